The van der Waals surface area contributed by atoms with Crippen molar-refractivity contribution in [1.29, 1.82) is 0 Å². The van der Waals surface area contributed by atoms with E-state index in [-0.39, 0.29) is 0 Å². The molecule has 25 heavy (non-hydrogen) atoms. The summed E-state index contributed by atoms with van der Waals surface area (Å²) in [5, 5.41) is 0. The highest BCUT2D eigenvalue weighted by atomic mass is 32.2. The Morgan fingerprint density at radius 1 is 0.880 bits per heavy atom. The fourth-order valence-electron chi connectivity index (χ4n) is 2.56. The van der Waals surface area contributed by atoms with E-state index in [4.69, 9.17) is 0 Å². The van der Waals surface area contributed by atoms with Crippen LogP contribution in [0.25, 0.3) is 0 Å². The predicted molar refractivity (Wildman–Crippen MR) is 103 cm³/mol. The number of benzene rings is 2. The molecule has 2 aromatic rings. The van der Waals surface area contributed by atoms with Gasteiger partial charge in [0.15, 0.2) is 0 Å². The summed E-state index contributed by atoms with van der Waals surface area (Å²) in [6.07, 6.45) is 0. The summed E-state index contributed by atoms with van der Waals surface area (Å²) in [4.78, 5) is 2.35. The van der Waals surface area contributed by atoms with Gasteiger partial charge in [0, 0.05) is 19.6 Å². The van der Waals surface area contributed by atoms with Crippen molar-refractivity contribution in [2.24, 2.45) is 0 Å². The van der Waals surface area contributed by atoms with Crippen LogP contribution >= 0.6 is 0 Å². The summed E-state index contributed by atoms with van der Waals surface area (Å²) < 4.78 is 27.8. The molecule has 136 valence electrons. The quantitative estimate of drug-likeness (QED) is 0.723. The topological polar surface area (TPSA) is 40.6 Å². The molecule has 0 saturated carbocycles. The number of sulfonamides is 1. The van der Waals surface area contributed by atoms with Crippen LogP contribution in [0.3, 0.4) is 0 Å². The molecular formula is C20H28N2O2S. The van der Waals surface area contributed by atoms with Crippen molar-refractivity contribution in [2.75, 3.05) is 27.2 Å². The minimum Gasteiger partial charge on any atom is -0.308 e. The molecule has 0 N–H and O–H groups in total. The van der Waals surface area contributed by atoms with E-state index in [9.17, 15) is 8.42 Å². The van der Waals surface area contributed by atoms with Crippen molar-refractivity contribution in [2.45, 2.75) is 31.2 Å². The number of rotatable bonds is 8. The third kappa shape index (κ3) is 5.39. The van der Waals surface area contributed by atoms with Gasteiger partial charge in [-0.15, -0.1) is 0 Å². The molecule has 0 atom stereocenters. The van der Waals surface area contributed by atoms with Crippen LogP contribution in [0.5, 0.6) is 0 Å². The van der Waals surface area contributed by atoms with E-state index in [1.165, 1.54) is 0 Å². The van der Waals surface area contributed by atoms with Gasteiger partial charge in [-0.2, -0.15) is 4.31 Å². The van der Waals surface area contributed by atoms with E-state index in [1.54, 1.807) is 16.4 Å². The molecule has 0 bridgehead atoms. The average Bonchev–Trinajstić information content (AvgIpc) is 2.59. The second kappa shape index (κ2) is 8.61. The van der Waals surface area contributed by atoms with E-state index >= 15 is 0 Å². The first-order chi connectivity index (χ1) is 11.8. The van der Waals surface area contributed by atoms with Gasteiger partial charge in [-0.1, -0.05) is 56.3 Å². The van der Waals surface area contributed by atoms with Crippen LogP contribution in [-0.2, 0) is 16.6 Å². The zero-order valence-electron chi connectivity index (χ0n) is 15.5. The monoisotopic (exact) mass is 360 g/mol. The second-order valence-electron chi connectivity index (χ2n) is 6.85. The van der Waals surface area contributed by atoms with Crippen LogP contribution in [0.4, 0.5) is 0 Å². The number of hydrogen-bond acceptors (Lipinski definition) is 3. The summed E-state index contributed by atoms with van der Waals surface area (Å²) in [7, 11) is 0.368. The maximum atomic E-state index is 13.1. The fraction of sp³-hybridized carbons (Fsp3) is 0.400. The molecule has 0 heterocycles. The third-order valence-electron chi connectivity index (χ3n) is 4.18. The lowest BCUT2D eigenvalue weighted by Crippen LogP contribution is -2.36. The molecule has 4 nitrogen and oxygen atoms in total. The van der Waals surface area contributed by atoms with Gasteiger partial charge < -0.3 is 4.90 Å². The Morgan fingerprint density at radius 3 is 2.00 bits per heavy atom. The molecule has 0 saturated heterocycles. The van der Waals surface area contributed by atoms with Gasteiger partial charge >= 0.3 is 0 Å². The van der Waals surface area contributed by atoms with Crippen LogP contribution < -0.4 is 0 Å². The van der Waals surface area contributed by atoms with E-state index in [2.05, 4.69) is 13.8 Å². The van der Waals surface area contributed by atoms with Crippen molar-refractivity contribution < 1.29 is 8.42 Å². The molecule has 0 aliphatic carbocycles. The Labute approximate surface area is 152 Å². The summed E-state index contributed by atoms with van der Waals surface area (Å²) in [6, 6.07) is 17.0. The van der Waals surface area contributed by atoms with Gasteiger partial charge in [-0.3, -0.25) is 0 Å². The SMILES string of the molecule is CC(C)c1ccc(S(=O)(=O)N(CCN(C)C)Cc2ccccc2)cc1. The molecule has 0 aromatic heterocycles. The zero-order chi connectivity index (χ0) is 18.4. The van der Waals surface area contributed by atoms with Crippen LogP contribution in [0.15, 0.2) is 59.5 Å². The van der Waals surface area contributed by atoms with Crippen molar-refractivity contribution in [1.82, 2.24) is 9.21 Å². The van der Waals surface area contributed by atoms with Crippen LogP contribution in [-0.4, -0.2) is 44.8 Å². The van der Waals surface area contributed by atoms with E-state index in [0.29, 0.717) is 30.4 Å². The second-order valence-corrected chi connectivity index (χ2v) is 8.79. The first kappa shape index (κ1) is 19.6. The van der Waals surface area contributed by atoms with Gasteiger partial charge in [0.05, 0.1) is 4.90 Å². The lowest BCUT2D eigenvalue weighted by molar-refractivity contribution is 0.329. The molecule has 2 rings (SSSR count). The molecule has 0 spiro atoms. The smallest absolute Gasteiger partial charge is 0.243 e. The Bertz CT molecular complexity index is 754. The first-order valence-corrected chi connectivity index (χ1v) is 10.0. The maximum Gasteiger partial charge on any atom is 0.243 e. The molecular weight excluding hydrogens is 332 g/mol. The summed E-state index contributed by atoms with van der Waals surface area (Å²) in [6.45, 7) is 5.71. The summed E-state index contributed by atoms with van der Waals surface area (Å²) in [5.74, 6) is 0.380. The highest BCUT2D eigenvalue weighted by Crippen LogP contribution is 2.21. The van der Waals surface area contributed by atoms with Crippen molar-refractivity contribution in [3.63, 3.8) is 0 Å². The molecule has 0 amide bonds. The largest absolute Gasteiger partial charge is 0.308 e. The van der Waals surface area contributed by atoms with Crippen molar-refractivity contribution in [3.05, 3.63) is 65.7 Å². The maximum absolute atomic E-state index is 13.1. The Balaban J connectivity index is 2.29. The molecule has 5 heteroatoms. The number of nitrogens with zero attached hydrogens (tertiary/aromatic N) is 2. The highest BCUT2D eigenvalue weighted by Gasteiger charge is 2.24. The van der Waals surface area contributed by atoms with Crippen LogP contribution in [0, 0.1) is 0 Å². The number of likely N-dealkylation sites (N-methyl/N-ethyl adjacent to an activating group) is 1. The highest BCUT2D eigenvalue weighted by molar-refractivity contribution is 7.89. The first-order valence-electron chi connectivity index (χ1n) is 8.59. The zero-order valence-corrected chi connectivity index (χ0v) is 16.3. The number of hydrogen-bond donors (Lipinski definition) is 0. The molecule has 0 unspecified atom stereocenters. The lowest BCUT2D eigenvalue weighted by Gasteiger charge is -2.24. The standard InChI is InChI=1S/C20H28N2O2S/c1-17(2)19-10-12-20(13-11-19)25(23,24)22(15-14-21(3)4)16-18-8-6-5-7-9-18/h5-13,17H,14-16H2,1-4H3. The van der Waals surface area contributed by atoms with E-state index in [1.807, 2.05) is 61.5 Å². The van der Waals surface area contributed by atoms with Gasteiger partial charge in [0.1, 0.15) is 0 Å². The van der Waals surface area contributed by atoms with Crippen molar-refractivity contribution in [3.8, 4) is 0 Å². The Kier molecular flexibility index (Phi) is 6.76. The van der Waals surface area contributed by atoms with Gasteiger partial charge in [0.2, 0.25) is 10.0 Å². The van der Waals surface area contributed by atoms with Crippen LogP contribution in [0.1, 0.15) is 30.9 Å². The van der Waals surface area contributed by atoms with Crippen molar-refractivity contribution >= 4 is 10.0 Å². The van der Waals surface area contributed by atoms with Gasteiger partial charge in [-0.05, 0) is 43.3 Å². The normalized spacial score (nSPS) is 12.3. The fourth-order valence-corrected chi connectivity index (χ4v) is 3.98. The minimum atomic E-state index is -3.53. The van der Waals surface area contributed by atoms with Crippen LogP contribution in [0.2, 0.25) is 0 Å². The van der Waals surface area contributed by atoms with Gasteiger partial charge in [0.25, 0.3) is 0 Å². The Hall–Kier alpha value is -1.69. The molecule has 2 aromatic carbocycles. The average molecular weight is 361 g/mol. The summed E-state index contributed by atoms with van der Waals surface area (Å²) >= 11 is 0. The Morgan fingerprint density at radius 2 is 1.48 bits per heavy atom. The van der Waals surface area contributed by atoms with Gasteiger partial charge in [-0.25, -0.2) is 8.42 Å². The van der Waals surface area contributed by atoms with E-state index in [0.717, 1.165) is 11.1 Å². The molecule has 0 radical (unpaired) electrons. The minimum absolute atomic E-state index is 0.353. The predicted octanol–water partition coefficient (Wildman–Crippen LogP) is 3.56. The molecule has 0 fully saturated rings. The summed E-state index contributed by atoms with van der Waals surface area (Å²) in [5.41, 5.74) is 2.13. The van der Waals surface area contributed by atoms with E-state index < -0.39 is 10.0 Å². The lowest BCUT2D eigenvalue weighted by atomic mass is 10.0. The molecule has 0 aliphatic heterocycles. The third-order valence-corrected chi connectivity index (χ3v) is 6.04. The molecule has 0 aliphatic rings.